The minimum atomic E-state index is -0.602. The lowest BCUT2D eigenvalue weighted by Crippen LogP contribution is -2.44. The number of carbonyl (C=O) groups is 2. The van der Waals surface area contributed by atoms with E-state index in [0.717, 1.165) is 30.0 Å². The number of nitrogens with zero attached hydrogens (tertiary/aromatic N) is 1. The molecule has 0 bridgehead atoms. The third kappa shape index (κ3) is 7.70. The number of rotatable bonds is 10. The first kappa shape index (κ1) is 22.0. The molecule has 1 unspecified atom stereocenters. The molecule has 0 saturated heterocycles. The number of carbonyl (C=O) groups excluding carboxylic acids is 2. The van der Waals surface area contributed by atoms with Crippen molar-refractivity contribution >= 4 is 23.6 Å². The molecule has 2 aromatic rings. The number of para-hydroxylation sites is 1. The van der Waals surface area contributed by atoms with Gasteiger partial charge in [-0.15, -0.1) is 0 Å². The van der Waals surface area contributed by atoms with Crippen LogP contribution in [0.3, 0.4) is 0 Å². The molecular formula is C23H29N3O3. The molecule has 0 spiro atoms. The van der Waals surface area contributed by atoms with Crippen molar-refractivity contribution < 1.29 is 14.3 Å². The molecule has 2 amide bonds. The second-order valence-electron chi connectivity index (χ2n) is 6.74. The highest BCUT2D eigenvalue weighted by Crippen LogP contribution is 2.12. The van der Waals surface area contributed by atoms with Gasteiger partial charge in [-0.3, -0.25) is 9.59 Å². The molecule has 0 aromatic heterocycles. The Morgan fingerprint density at radius 2 is 1.79 bits per heavy atom. The van der Waals surface area contributed by atoms with E-state index in [-0.39, 0.29) is 11.8 Å². The van der Waals surface area contributed by atoms with Gasteiger partial charge in [-0.1, -0.05) is 30.3 Å². The highest BCUT2D eigenvalue weighted by atomic mass is 16.5. The largest absolute Gasteiger partial charge is 0.497 e. The lowest BCUT2D eigenvalue weighted by molar-refractivity contribution is -0.126. The molecule has 1 atom stereocenters. The van der Waals surface area contributed by atoms with Crippen molar-refractivity contribution in [3.05, 3.63) is 66.2 Å². The molecule has 0 radical (unpaired) electrons. The van der Waals surface area contributed by atoms with Crippen LogP contribution in [0.1, 0.15) is 18.9 Å². The zero-order valence-corrected chi connectivity index (χ0v) is 17.2. The van der Waals surface area contributed by atoms with Crippen molar-refractivity contribution in [2.75, 3.05) is 32.1 Å². The minimum absolute atomic E-state index is 0.196. The van der Waals surface area contributed by atoms with Gasteiger partial charge >= 0.3 is 0 Å². The van der Waals surface area contributed by atoms with Gasteiger partial charge in [0.25, 0.3) is 0 Å². The Labute approximate surface area is 172 Å². The predicted octanol–water partition coefficient (Wildman–Crippen LogP) is 2.86. The Bertz CT molecular complexity index is 804. The fourth-order valence-electron chi connectivity index (χ4n) is 2.71. The van der Waals surface area contributed by atoms with Crippen LogP contribution in [-0.4, -0.2) is 45.1 Å². The van der Waals surface area contributed by atoms with Crippen LogP contribution >= 0.6 is 0 Å². The number of hydrogen-bond donors (Lipinski definition) is 2. The third-order valence-corrected chi connectivity index (χ3v) is 4.46. The van der Waals surface area contributed by atoms with Crippen LogP contribution < -0.4 is 20.3 Å². The fraction of sp³-hybridized carbons (Fsp3) is 0.304. The molecule has 29 heavy (non-hydrogen) atoms. The van der Waals surface area contributed by atoms with Gasteiger partial charge in [0.2, 0.25) is 11.8 Å². The monoisotopic (exact) mass is 395 g/mol. The Morgan fingerprint density at radius 3 is 2.45 bits per heavy atom. The Hall–Kier alpha value is -3.28. The first-order chi connectivity index (χ1) is 14.0. The minimum Gasteiger partial charge on any atom is -0.497 e. The molecular weight excluding hydrogens is 366 g/mol. The summed E-state index contributed by atoms with van der Waals surface area (Å²) < 4.78 is 5.10. The highest BCUT2D eigenvalue weighted by molar-refractivity contribution is 5.95. The number of hydrogen-bond acceptors (Lipinski definition) is 4. The second-order valence-corrected chi connectivity index (χ2v) is 6.74. The smallest absolute Gasteiger partial charge is 0.244 e. The summed E-state index contributed by atoms with van der Waals surface area (Å²) >= 11 is 0. The number of nitrogens with one attached hydrogen (secondary N) is 2. The number of ether oxygens (including phenoxy) is 1. The molecule has 6 heteroatoms. The Morgan fingerprint density at radius 1 is 1.10 bits per heavy atom. The summed E-state index contributed by atoms with van der Waals surface area (Å²) in [5.41, 5.74) is 2.02. The maximum Gasteiger partial charge on any atom is 0.244 e. The van der Waals surface area contributed by atoms with E-state index < -0.39 is 6.04 Å². The van der Waals surface area contributed by atoms with Crippen LogP contribution in [0.25, 0.3) is 6.08 Å². The first-order valence-electron chi connectivity index (χ1n) is 9.66. The van der Waals surface area contributed by atoms with E-state index in [9.17, 15) is 9.59 Å². The summed E-state index contributed by atoms with van der Waals surface area (Å²) in [6, 6.07) is 16.8. The fourth-order valence-corrected chi connectivity index (χ4v) is 2.71. The van der Waals surface area contributed by atoms with Gasteiger partial charge in [-0.05, 0) is 49.2 Å². The third-order valence-electron chi connectivity index (χ3n) is 4.46. The van der Waals surface area contributed by atoms with Gasteiger partial charge in [0.1, 0.15) is 11.8 Å². The second kappa shape index (κ2) is 11.5. The molecule has 2 rings (SSSR count). The van der Waals surface area contributed by atoms with Gasteiger partial charge in [0.15, 0.2) is 0 Å². The zero-order chi connectivity index (χ0) is 21.1. The molecule has 0 aliphatic heterocycles. The van der Waals surface area contributed by atoms with E-state index in [0.29, 0.717) is 6.54 Å². The van der Waals surface area contributed by atoms with Crippen LogP contribution in [0.5, 0.6) is 5.75 Å². The Balaban J connectivity index is 1.68. The first-order valence-corrected chi connectivity index (χ1v) is 9.66. The van der Waals surface area contributed by atoms with Crippen molar-refractivity contribution in [3.63, 3.8) is 0 Å². The van der Waals surface area contributed by atoms with Gasteiger partial charge < -0.3 is 20.3 Å². The van der Waals surface area contributed by atoms with Crippen LogP contribution in [0, 0.1) is 0 Å². The van der Waals surface area contributed by atoms with E-state index in [2.05, 4.69) is 27.7 Å². The van der Waals surface area contributed by atoms with Crippen LogP contribution in [0.2, 0.25) is 0 Å². The average Bonchev–Trinajstić information content (AvgIpc) is 2.75. The van der Waals surface area contributed by atoms with Gasteiger partial charge in [0.05, 0.1) is 7.11 Å². The normalized spacial score (nSPS) is 11.7. The zero-order valence-electron chi connectivity index (χ0n) is 17.2. The summed E-state index contributed by atoms with van der Waals surface area (Å²) in [4.78, 5) is 26.3. The van der Waals surface area contributed by atoms with Crippen molar-refractivity contribution in [3.8, 4) is 5.75 Å². The van der Waals surface area contributed by atoms with E-state index in [1.165, 1.54) is 6.08 Å². The van der Waals surface area contributed by atoms with Crippen molar-refractivity contribution in [2.24, 2.45) is 0 Å². The summed E-state index contributed by atoms with van der Waals surface area (Å²) in [5.74, 6) is 0.248. The van der Waals surface area contributed by atoms with Crippen molar-refractivity contribution in [1.82, 2.24) is 10.6 Å². The summed E-state index contributed by atoms with van der Waals surface area (Å²) in [7, 11) is 3.63. The van der Waals surface area contributed by atoms with Crippen molar-refractivity contribution in [1.29, 1.82) is 0 Å². The molecule has 0 aliphatic carbocycles. The van der Waals surface area contributed by atoms with E-state index in [1.807, 2.05) is 49.5 Å². The molecule has 0 aliphatic rings. The SMILES string of the molecule is COc1ccc(/C=C/C(=O)NC(C)C(=O)NCCCN(C)c2ccccc2)cc1. The van der Waals surface area contributed by atoms with E-state index in [1.54, 1.807) is 20.1 Å². The van der Waals surface area contributed by atoms with Gasteiger partial charge in [-0.25, -0.2) is 0 Å². The molecule has 0 fully saturated rings. The predicted molar refractivity (Wildman–Crippen MR) is 117 cm³/mol. The summed E-state index contributed by atoms with van der Waals surface area (Å²) in [6.45, 7) is 3.05. The molecule has 0 heterocycles. The molecule has 0 saturated carbocycles. The van der Waals surface area contributed by atoms with E-state index >= 15 is 0 Å². The number of methoxy groups -OCH3 is 1. The molecule has 154 valence electrons. The molecule has 2 aromatic carbocycles. The maximum atomic E-state index is 12.2. The van der Waals surface area contributed by atoms with Crippen molar-refractivity contribution in [2.45, 2.75) is 19.4 Å². The van der Waals surface area contributed by atoms with Crippen LogP contribution in [-0.2, 0) is 9.59 Å². The lowest BCUT2D eigenvalue weighted by atomic mass is 10.2. The highest BCUT2D eigenvalue weighted by Gasteiger charge is 2.13. The standard InChI is InChI=1S/C23H29N3O3/c1-18(25-22(27)15-12-19-10-13-21(29-3)14-11-19)23(28)24-16-7-17-26(2)20-8-5-4-6-9-20/h4-6,8-15,18H,7,16-17H2,1-3H3,(H,24,28)(H,25,27)/b15-12+. The van der Waals surface area contributed by atoms with Gasteiger partial charge in [0, 0.05) is 31.9 Å². The van der Waals surface area contributed by atoms with E-state index in [4.69, 9.17) is 4.74 Å². The lowest BCUT2D eigenvalue weighted by Gasteiger charge is -2.19. The quantitative estimate of drug-likeness (QED) is 0.479. The van der Waals surface area contributed by atoms with Crippen LogP contribution in [0.4, 0.5) is 5.69 Å². The Kier molecular flexibility index (Phi) is 8.76. The maximum absolute atomic E-state index is 12.2. The number of amides is 2. The summed E-state index contributed by atoms with van der Waals surface area (Å²) in [5, 5.41) is 5.54. The number of benzene rings is 2. The average molecular weight is 396 g/mol. The molecule has 2 N–H and O–H groups in total. The van der Waals surface area contributed by atoms with Gasteiger partial charge in [-0.2, -0.15) is 0 Å². The summed E-state index contributed by atoms with van der Waals surface area (Å²) in [6.07, 6.45) is 3.92. The number of anilines is 1. The van der Waals surface area contributed by atoms with Crippen LogP contribution in [0.15, 0.2) is 60.7 Å². The molecule has 6 nitrogen and oxygen atoms in total. The topological polar surface area (TPSA) is 70.7 Å².